The maximum absolute atomic E-state index is 12.9. The Morgan fingerprint density at radius 3 is 2.50 bits per heavy atom. The molecule has 0 spiro atoms. The Morgan fingerprint density at radius 2 is 1.83 bits per heavy atom. The molecule has 0 atom stereocenters. The second-order valence-corrected chi connectivity index (χ2v) is 5.16. The van der Waals surface area contributed by atoms with Crippen molar-refractivity contribution in [1.82, 2.24) is 10.9 Å². The molecule has 0 saturated heterocycles. The van der Waals surface area contributed by atoms with Gasteiger partial charge in [-0.3, -0.25) is 10.2 Å². The van der Waals surface area contributed by atoms with Gasteiger partial charge in [0.15, 0.2) is 0 Å². The van der Waals surface area contributed by atoms with Gasteiger partial charge >= 0.3 is 0 Å². The van der Waals surface area contributed by atoms with Crippen LogP contribution in [0, 0.1) is 5.82 Å². The minimum absolute atomic E-state index is 0.257. The van der Waals surface area contributed by atoms with Crippen LogP contribution in [-0.4, -0.2) is 5.91 Å². The van der Waals surface area contributed by atoms with E-state index in [4.69, 9.17) is 4.74 Å². The van der Waals surface area contributed by atoms with Crippen LogP contribution in [0.5, 0.6) is 5.75 Å². The van der Waals surface area contributed by atoms with E-state index in [1.54, 1.807) is 36.4 Å². The molecule has 4 nitrogen and oxygen atoms in total. The van der Waals surface area contributed by atoms with Crippen LogP contribution in [0.3, 0.4) is 0 Å². The van der Waals surface area contributed by atoms with Crippen LogP contribution in [0.25, 0.3) is 0 Å². The molecule has 0 saturated carbocycles. The van der Waals surface area contributed by atoms with Crippen molar-refractivity contribution in [3.8, 4) is 5.75 Å². The second kappa shape index (κ2) is 8.72. The fraction of sp³-hybridized carbons (Fsp3) is 0.211. The maximum Gasteiger partial charge on any atom is 0.273 e. The molecule has 0 bridgehead atoms. The summed E-state index contributed by atoms with van der Waals surface area (Å²) in [6, 6.07) is 13.1. The maximum atomic E-state index is 12.9. The number of benzene rings is 2. The zero-order valence-corrected chi connectivity index (χ0v) is 13.8. The van der Waals surface area contributed by atoms with Gasteiger partial charge in [0.2, 0.25) is 0 Å². The highest BCUT2D eigenvalue weighted by Gasteiger charge is 2.12. The summed E-state index contributed by atoms with van der Waals surface area (Å²) in [5, 5.41) is 0. The van der Waals surface area contributed by atoms with Crippen molar-refractivity contribution in [2.24, 2.45) is 0 Å². The quantitative estimate of drug-likeness (QED) is 0.757. The Balaban J connectivity index is 2.03. The lowest BCUT2D eigenvalue weighted by molar-refractivity contribution is 0.0934. The average Bonchev–Trinajstić information content (AvgIpc) is 2.62. The van der Waals surface area contributed by atoms with E-state index in [2.05, 4.69) is 10.9 Å². The first kappa shape index (κ1) is 17.5. The van der Waals surface area contributed by atoms with E-state index in [-0.39, 0.29) is 18.3 Å². The van der Waals surface area contributed by atoms with Gasteiger partial charge in [-0.15, -0.1) is 0 Å². The second-order valence-electron chi connectivity index (χ2n) is 5.16. The summed E-state index contributed by atoms with van der Waals surface area (Å²) in [4.78, 5) is 12.3. The van der Waals surface area contributed by atoms with Crippen LogP contribution in [0.15, 0.2) is 60.3 Å². The smallest absolute Gasteiger partial charge is 0.273 e. The number of carbonyl (C=O) groups is 1. The summed E-state index contributed by atoms with van der Waals surface area (Å²) in [6.07, 6.45) is 2.69. The van der Waals surface area contributed by atoms with Crippen molar-refractivity contribution in [3.63, 3.8) is 0 Å². The van der Waals surface area contributed by atoms with Crippen LogP contribution in [0.1, 0.15) is 36.2 Å². The van der Waals surface area contributed by atoms with Crippen LogP contribution >= 0.6 is 0 Å². The van der Waals surface area contributed by atoms with E-state index >= 15 is 0 Å². The Hall–Kier alpha value is -2.82. The van der Waals surface area contributed by atoms with Crippen molar-refractivity contribution in [3.05, 3.63) is 77.2 Å². The summed E-state index contributed by atoms with van der Waals surface area (Å²) in [5.41, 5.74) is 7.73. The molecular weight excluding hydrogens is 307 g/mol. The molecule has 2 rings (SSSR count). The summed E-state index contributed by atoms with van der Waals surface area (Å²) >= 11 is 0. The van der Waals surface area contributed by atoms with Gasteiger partial charge in [-0.05, 0) is 43.2 Å². The number of halogens is 1. The molecule has 0 aliphatic heterocycles. The number of para-hydroxylation sites is 1. The number of hydrazine groups is 1. The number of hydrogen-bond acceptors (Lipinski definition) is 3. The van der Waals surface area contributed by atoms with Crippen LogP contribution < -0.4 is 15.6 Å². The summed E-state index contributed by atoms with van der Waals surface area (Å²) in [5.74, 6) is -0.0996. The Bertz CT molecular complexity index is 712. The van der Waals surface area contributed by atoms with Gasteiger partial charge < -0.3 is 10.2 Å². The summed E-state index contributed by atoms with van der Waals surface area (Å²) in [6.45, 7) is 4.15. The van der Waals surface area contributed by atoms with Gasteiger partial charge in [0.05, 0.1) is 5.56 Å². The third kappa shape index (κ3) is 4.84. The van der Waals surface area contributed by atoms with E-state index in [9.17, 15) is 9.18 Å². The van der Waals surface area contributed by atoms with Gasteiger partial charge in [0.25, 0.3) is 5.91 Å². The number of amides is 1. The molecule has 0 radical (unpaired) electrons. The van der Waals surface area contributed by atoms with Crippen LogP contribution in [-0.2, 0) is 6.61 Å². The Morgan fingerprint density at radius 1 is 1.12 bits per heavy atom. The summed E-state index contributed by atoms with van der Waals surface area (Å²) < 4.78 is 18.6. The molecular formula is C19H21FN2O2. The van der Waals surface area contributed by atoms with Crippen molar-refractivity contribution in [1.29, 1.82) is 0 Å². The van der Waals surface area contributed by atoms with E-state index in [0.717, 1.165) is 17.7 Å². The van der Waals surface area contributed by atoms with Gasteiger partial charge in [-0.25, -0.2) is 4.39 Å². The third-order valence-corrected chi connectivity index (χ3v) is 3.51. The summed E-state index contributed by atoms with van der Waals surface area (Å²) in [7, 11) is 0. The number of hydrogen-bond donors (Lipinski definition) is 2. The molecule has 0 aliphatic rings. The van der Waals surface area contributed by atoms with Crippen molar-refractivity contribution in [2.45, 2.75) is 26.9 Å². The lowest BCUT2D eigenvalue weighted by Crippen LogP contribution is -2.36. The van der Waals surface area contributed by atoms with Gasteiger partial charge in [0.1, 0.15) is 18.2 Å². The van der Waals surface area contributed by atoms with Crippen molar-refractivity contribution in [2.75, 3.05) is 0 Å². The minimum Gasteiger partial charge on any atom is -0.488 e. The Kier molecular flexibility index (Phi) is 6.37. The number of rotatable bonds is 7. The molecule has 0 unspecified atom stereocenters. The van der Waals surface area contributed by atoms with Crippen molar-refractivity contribution < 1.29 is 13.9 Å². The standard InChI is InChI=1S/C19H21FN2O2/c1-3-16(4-2)21-22-19(23)17-7-5-6-8-18(17)24-13-14-9-11-15(20)12-10-14/h3,5-12,21H,4,13H2,1-2H3,(H,22,23)/b16-3-. The van der Waals surface area contributed by atoms with E-state index in [1.807, 2.05) is 19.9 Å². The molecule has 0 fully saturated rings. The zero-order chi connectivity index (χ0) is 17.4. The first-order chi connectivity index (χ1) is 11.6. The molecule has 24 heavy (non-hydrogen) atoms. The van der Waals surface area contributed by atoms with Gasteiger partial charge in [0, 0.05) is 5.70 Å². The molecule has 2 aromatic rings. The van der Waals surface area contributed by atoms with Crippen molar-refractivity contribution >= 4 is 5.91 Å². The molecule has 0 heterocycles. The molecule has 126 valence electrons. The predicted octanol–water partition coefficient (Wildman–Crippen LogP) is 3.95. The molecule has 0 aliphatic carbocycles. The van der Waals surface area contributed by atoms with Gasteiger partial charge in [-0.1, -0.05) is 37.3 Å². The monoisotopic (exact) mass is 328 g/mol. The largest absolute Gasteiger partial charge is 0.488 e. The highest BCUT2D eigenvalue weighted by molar-refractivity contribution is 5.96. The normalized spacial score (nSPS) is 11.0. The fourth-order valence-electron chi connectivity index (χ4n) is 2.09. The number of ether oxygens (including phenoxy) is 1. The number of carbonyl (C=O) groups excluding carboxylic acids is 1. The first-order valence-electron chi connectivity index (χ1n) is 7.81. The highest BCUT2D eigenvalue weighted by atomic mass is 19.1. The lowest BCUT2D eigenvalue weighted by atomic mass is 10.2. The topological polar surface area (TPSA) is 50.4 Å². The van der Waals surface area contributed by atoms with E-state index < -0.39 is 0 Å². The lowest BCUT2D eigenvalue weighted by Gasteiger charge is -2.13. The molecule has 0 aromatic heterocycles. The highest BCUT2D eigenvalue weighted by Crippen LogP contribution is 2.19. The van der Waals surface area contributed by atoms with Crippen LogP contribution in [0.4, 0.5) is 4.39 Å². The minimum atomic E-state index is -0.291. The number of nitrogens with one attached hydrogen (secondary N) is 2. The van der Waals surface area contributed by atoms with Crippen LogP contribution in [0.2, 0.25) is 0 Å². The molecule has 5 heteroatoms. The molecule has 2 aromatic carbocycles. The molecule has 1 amide bonds. The zero-order valence-electron chi connectivity index (χ0n) is 13.8. The first-order valence-corrected chi connectivity index (χ1v) is 7.81. The fourth-order valence-corrected chi connectivity index (χ4v) is 2.09. The SMILES string of the molecule is C/C=C(/CC)NNC(=O)c1ccccc1OCc1ccc(F)cc1. The third-order valence-electron chi connectivity index (χ3n) is 3.51. The number of allylic oxidation sites excluding steroid dienone is 2. The predicted molar refractivity (Wildman–Crippen MR) is 91.8 cm³/mol. The van der Waals surface area contributed by atoms with E-state index in [0.29, 0.717) is 11.3 Å². The average molecular weight is 328 g/mol. The Labute approximate surface area is 141 Å². The molecule has 2 N–H and O–H groups in total. The van der Waals surface area contributed by atoms with Gasteiger partial charge in [-0.2, -0.15) is 0 Å². The van der Waals surface area contributed by atoms with E-state index in [1.165, 1.54) is 12.1 Å².